The number of halogens is 5. The van der Waals surface area contributed by atoms with Crippen LogP contribution in [-0.2, 0) is 9.59 Å². The van der Waals surface area contributed by atoms with Crippen molar-refractivity contribution in [2.24, 2.45) is 0 Å². The van der Waals surface area contributed by atoms with Crippen LogP contribution in [-0.4, -0.2) is 36.5 Å². The standard InChI is InChI=1S/C6H6ClF4NO2/c7-1-3(13)2-12-5(14)6(10,11)4(8)9/h4H,1-2H2,(H,12,14). The quantitative estimate of drug-likeness (QED) is 0.566. The molecule has 0 rings (SSSR count). The second-order valence-electron chi connectivity index (χ2n) is 2.28. The van der Waals surface area contributed by atoms with Crippen LogP contribution in [0.3, 0.4) is 0 Å². The van der Waals surface area contributed by atoms with E-state index in [2.05, 4.69) is 0 Å². The zero-order valence-electron chi connectivity index (χ0n) is 6.70. The monoisotopic (exact) mass is 235 g/mol. The topological polar surface area (TPSA) is 46.2 Å². The van der Waals surface area contributed by atoms with Gasteiger partial charge < -0.3 is 5.32 Å². The van der Waals surface area contributed by atoms with Crippen molar-refractivity contribution in [1.29, 1.82) is 0 Å². The molecule has 0 saturated carbocycles. The molecule has 0 aliphatic carbocycles. The number of amides is 1. The molecule has 0 aromatic rings. The fourth-order valence-corrected chi connectivity index (χ4v) is 0.538. The van der Waals surface area contributed by atoms with Crippen LogP contribution < -0.4 is 5.32 Å². The highest BCUT2D eigenvalue weighted by Crippen LogP contribution is 2.22. The van der Waals surface area contributed by atoms with Crippen LogP contribution in [0, 0.1) is 0 Å². The van der Waals surface area contributed by atoms with E-state index in [1.165, 1.54) is 5.32 Å². The maximum Gasteiger partial charge on any atom is 0.383 e. The molecular formula is C6H6ClF4NO2. The molecule has 1 N–H and O–H groups in total. The van der Waals surface area contributed by atoms with Crippen molar-refractivity contribution in [1.82, 2.24) is 5.32 Å². The van der Waals surface area contributed by atoms with Crippen molar-refractivity contribution in [3.05, 3.63) is 0 Å². The summed E-state index contributed by atoms with van der Waals surface area (Å²) in [5.41, 5.74) is 0. The Morgan fingerprint density at radius 3 is 2.21 bits per heavy atom. The number of Topliss-reactive ketones (excluding diaryl/α,β-unsaturated/α-hetero) is 1. The first-order valence-electron chi connectivity index (χ1n) is 3.34. The Balaban J connectivity index is 4.15. The molecule has 0 spiro atoms. The highest BCUT2D eigenvalue weighted by Gasteiger charge is 2.48. The Morgan fingerprint density at radius 1 is 1.36 bits per heavy atom. The molecule has 0 fully saturated rings. The van der Waals surface area contributed by atoms with Crippen LogP contribution in [0.25, 0.3) is 0 Å². The molecule has 82 valence electrons. The Labute approximate surface area is 81.4 Å². The van der Waals surface area contributed by atoms with Crippen molar-refractivity contribution in [2.75, 3.05) is 12.4 Å². The Bertz CT molecular complexity index is 234. The van der Waals surface area contributed by atoms with Crippen LogP contribution in [0.5, 0.6) is 0 Å². The summed E-state index contributed by atoms with van der Waals surface area (Å²) in [6.45, 7) is -0.787. The maximum atomic E-state index is 12.2. The van der Waals surface area contributed by atoms with E-state index >= 15 is 0 Å². The summed E-state index contributed by atoms with van der Waals surface area (Å²) < 4.78 is 47.5. The molecule has 0 aliphatic heterocycles. The summed E-state index contributed by atoms with van der Waals surface area (Å²) in [4.78, 5) is 20.8. The Hall–Kier alpha value is -0.850. The van der Waals surface area contributed by atoms with E-state index in [-0.39, 0.29) is 0 Å². The minimum absolute atomic E-state index is 0.486. The first-order valence-corrected chi connectivity index (χ1v) is 3.87. The number of ketones is 1. The fourth-order valence-electron chi connectivity index (χ4n) is 0.443. The van der Waals surface area contributed by atoms with E-state index in [0.717, 1.165) is 0 Å². The van der Waals surface area contributed by atoms with Gasteiger partial charge in [0.2, 0.25) is 0 Å². The molecule has 0 saturated heterocycles. The zero-order valence-corrected chi connectivity index (χ0v) is 7.45. The number of carbonyl (C=O) groups is 2. The van der Waals surface area contributed by atoms with Crippen molar-refractivity contribution in [2.45, 2.75) is 12.3 Å². The molecule has 0 heterocycles. The predicted octanol–water partition coefficient (Wildman–Crippen LogP) is 0.811. The number of hydrogen-bond acceptors (Lipinski definition) is 2. The van der Waals surface area contributed by atoms with Gasteiger partial charge in [0.05, 0.1) is 12.4 Å². The van der Waals surface area contributed by atoms with E-state index in [1.807, 2.05) is 0 Å². The molecule has 0 bridgehead atoms. The zero-order chi connectivity index (χ0) is 11.4. The maximum absolute atomic E-state index is 12.2. The third kappa shape index (κ3) is 3.49. The van der Waals surface area contributed by atoms with Gasteiger partial charge in [0.25, 0.3) is 5.91 Å². The minimum atomic E-state index is -4.79. The molecule has 3 nitrogen and oxygen atoms in total. The summed E-state index contributed by atoms with van der Waals surface area (Å²) in [7, 11) is 0. The number of alkyl halides is 5. The molecule has 1 amide bonds. The van der Waals surface area contributed by atoms with Crippen molar-refractivity contribution in [3.8, 4) is 0 Å². The van der Waals surface area contributed by atoms with Crippen LogP contribution in [0.15, 0.2) is 0 Å². The van der Waals surface area contributed by atoms with E-state index in [4.69, 9.17) is 11.6 Å². The Kier molecular flexibility index (Phi) is 4.82. The molecule has 0 unspecified atom stereocenters. The molecule has 14 heavy (non-hydrogen) atoms. The number of hydrogen-bond donors (Lipinski definition) is 1. The van der Waals surface area contributed by atoms with Crippen LogP contribution in [0.4, 0.5) is 17.6 Å². The lowest BCUT2D eigenvalue weighted by atomic mass is 10.3. The highest BCUT2D eigenvalue weighted by molar-refractivity contribution is 6.28. The Morgan fingerprint density at radius 2 is 1.86 bits per heavy atom. The summed E-state index contributed by atoms with van der Waals surface area (Å²) in [6, 6.07) is 0. The van der Waals surface area contributed by atoms with Gasteiger partial charge in [-0.05, 0) is 0 Å². The molecule has 0 aliphatic rings. The van der Waals surface area contributed by atoms with Crippen molar-refractivity contribution in [3.63, 3.8) is 0 Å². The average Bonchev–Trinajstić information content (AvgIpc) is 2.12. The lowest BCUT2D eigenvalue weighted by molar-refractivity contribution is -0.169. The van der Waals surface area contributed by atoms with Crippen molar-refractivity contribution < 1.29 is 27.2 Å². The normalized spacial score (nSPS) is 11.6. The number of rotatable bonds is 5. The molecule has 0 atom stereocenters. The fraction of sp³-hybridized carbons (Fsp3) is 0.667. The third-order valence-corrected chi connectivity index (χ3v) is 1.47. The largest absolute Gasteiger partial charge is 0.383 e. The summed E-state index contributed by atoms with van der Waals surface area (Å²) in [5.74, 6) is -8.20. The third-order valence-electron chi connectivity index (χ3n) is 1.17. The summed E-state index contributed by atoms with van der Waals surface area (Å²) in [5, 5.41) is 1.35. The van der Waals surface area contributed by atoms with Gasteiger partial charge in [0.15, 0.2) is 5.78 Å². The number of carbonyl (C=O) groups excluding carboxylic acids is 2. The van der Waals surface area contributed by atoms with E-state index < -0.39 is 36.5 Å². The molecule has 8 heteroatoms. The SMILES string of the molecule is O=C(CCl)CNC(=O)C(F)(F)C(F)F. The van der Waals surface area contributed by atoms with Crippen LogP contribution >= 0.6 is 11.6 Å². The first kappa shape index (κ1) is 13.2. The van der Waals surface area contributed by atoms with Gasteiger partial charge >= 0.3 is 12.3 Å². The molecular weight excluding hydrogens is 230 g/mol. The highest BCUT2D eigenvalue weighted by atomic mass is 35.5. The predicted molar refractivity (Wildman–Crippen MR) is 39.7 cm³/mol. The second kappa shape index (κ2) is 5.14. The first-order chi connectivity index (χ1) is 6.32. The molecule has 0 aromatic carbocycles. The van der Waals surface area contributed by atoms with Crippen molar-refractivity contribution >= 4 is 23.3 Å². The lowest BCUT2D eigenvalue weighted by Crippen LogP contribution is -2.46. The summed E-state index contributed by atoms with van der Waals surface area (Å²) >= 11 is 4.98. The van der Waals surface area contributed by atoms with Gasteiger partial charge in [-0.1, -0.05) is 0 Å². The van der Waals surface area contributed by atoms with E-state index in [0.29, 0.717) is 0 Å². The number of nitrogens with one attached hydrogen (secondary N) is 1. The van der Waals surface area contributed by atoms with Gasteiger partial charge in [-0.25, -0.2) is 8.78 Å². The smallest absolute Gasteiger partial charge is 0.344 e. The van der Waals surface area contributed by atoms with E-state index in [1.54, 1.807) is 0 Å². The van der Waals surface area contributed by atoms with Gasteiger partial charge in [0.1, 0.15) is 0 Å². The van der Waals surface area contributed by atoms with Gasteiger partial charge in [-0.3, -0.25) is 9.59 Å². The van der Waals surface area contributed by atoms with E-state index in [9.17, 15) is 27.2 Å². The lowest BCUT2D eigenvalue weighted by Gasteiger charge is -2.13. The minimum Gasteiger partial charge on any atom is -0.344 e. The average molecular weight is 236 g/mol. The van der Waals surface area contributed by atoms with Gasteiger partial charge in [-0.2, -0.15) is 8.78 Å². The van der Waals surface area contributed by atoms with Crippen LogP contribution in [0.1, 0.15) is 0 Å². The summed E-state index contributed by atoms with van der Waals surface area (Å²) in [6.07, 6.45) is -4.10. The van der Waals surface area contributed by atoms with Gasteiger partial charge in [0, 0.05) is 0 Å². The van der Waals surface area contributed by atoms with Crippen LogP contribution in [0.2, 0.25) is 0 Å². The molecule has 0 radical (unpaired) electrons. The van der Waals surface area contributed by atoms with Gasteiger partial charge in [-0.15, -0.1) is 11.6 Å². The molecule has 0 aromatic heterocycles. The second-order valence-corrected chi connectivity index (χ2v) is 2.55.